The smallest absolute Gasteiger partial charge is 0.266 e. The van der Waals surface area contributed by atoms with E-state index in [2.05, 4.69) is 17.1 Å². The number of rotatable bonds is 6. The maximum Gasteiger partial charge on any atom is 0.266 e. The summed E-state index contributed by atoms with van der Waals surface area (Å²) in [6.45, 7) is 8.09. The van der Waals surface area contributed by atoms with Gasteiger partial charge in [-0.2, -0.15) is 4.98 Å². The van der Waals surface area contributed by atoms with Gasteiger partial charge in [-0.3, -0.25) is 9.36 Å². The lowest BCUT2D eigenvalue weighted by molar-refractivity contribution is 0.374. The number of para-hydroxylation sites is 2. The minimum Gasteiger partial charge on any atom is -0.338 e. The molecule has 0 saturated carbocycles. The van der Waals surface area contributed by atoms with Crippen LogP contribution >= 0.6 is 11.8 Å². The Balaban J connectivity index is 1.86. The molecule has 30 heavy (non-hydrogen) atoms. The molecule has 0 aliphatic heterocycles. The molecule has 0 amide bonds. The molecule has 0 saturated heterocycles. The summed E-state index contributed by atoms with van der Waals surface area (Å²) in [4.78, 5) is 22.9. The number of aromatic nitrogens is 4. The van der Waals surface area contributed by atoms with Crippen LogP contribution in [-0.4, -0.2) is 19.7 Å². The highest BCUT2D eigenvalue weighted by Crippen LogP contribution is 2.35. The molecule has 0 aliphatic carbocycles. The zero-order valence-corrected chi connectivity index (χ0v) is 18.4. The van der Waals surface area contributed by atoms with E-state index < -0.39 is 0 Å². The van der Waals surface area contributed by atoms with Crippen molar-refractivity contribution in [2.45, 2.75) is 50.9 Å². The molecule has 0 aliphatic rings. The first-order valence-electron chi connectivity index (χ1n) is 10.1. The standard InChI is InChI=1S/C23H24N4O2S/c1-5-9-19-25-21(29-26-19)16(4)30-23-24-18-13-7-6-12-17(18)22(28)27(23)20-14(2)10-8-11-15(20)3/h6-8,10-13,16H,5,9H2,1-4H3. The Bertz CT molecular complexity index is 1240. The van der Waals surface area contributed by atoms with Crippen molar-refractivity contribution in [3.8, 4) is 5.69 Å². The number of hydrogen-bond donors (Lipinski definition) is 0. The first-order valence-corrected chi connectivity index (χ1v) is 10.9. The van der Waals surface area contributed by atoms with E-state index in [0.717, 1.165) is 29.7 Å². The van der Waals surface area contributed by atoms with E-state index in [1.54, 1.807) is 4.57 Å². The topological polar surface area (TPSA) is 73.8 Å². The molecule has 154 valence electrons. The van der Waals surface area contributed by atoms with E-state index in [0.29, 0.717) is 27.8 Å². The van der Waals surface area contributed by atoms with E-state index >= 15 is 0 Å². The quantitative estimate of drug-likeness (QED) is 0.316. The molecule has 2 heterocycles. The molecule has 4 rings (SSSR count). The van der Waals surface area contributed by atoms with Crippen LogP contribution in [0.3, 0.4) is 0 Å². The molecule has 0 fully saturated rings. The van der Waals surface area contributed by atoms with Gasteiger partial charge in [-0.05, 0) is 50.5 Å². The maximum atomic E-state index is 13.5. The zero-order valence-electron chi connectivity index (χ0n) is 17.5. The Morgan fingerprint density at radius 1 is 1.07 bits per heavy atom. The highest BCUT2D eigenvalue weighted by Gasteiger charge is 2.22. The van der Waals surface area contributed by atoms with Gasteiger partial charge in [0.05, 0.1) is 21.8 Å². The molecule has 0 radical (unpaired) electrons. The van der Waals surface area contributed by atoms with Crippen molar-refractivity contribution in [2.24, 2.45) is 0 Å². The van der Waals surface area contributed by atoms with Crippen molar-refractivity contribution in [2.75, 3.05) is 0 Å². The fraction of sp³-hybridized carbons (Fsp3) is 0.304. The fourth-order valence-electron chi connectivity index (χ4n) is 3.51. The second-order valence-corrected chi connectivity index (χ2v) is 8.66. The Morgan fingerprint density at radius 2 is 1.80 bits per heavy atom. The summed E-state index contributed by atoms with van der Waals surface area (Å²) < 4.78 is 7.18. The van der Waals surface area contributed by atoms with E-state index in [9.17, 15) is 4.79 Å². The molecular formula is C23H24N4O2S. The lowest BCUT2D eigenvalue weighted by Crippen LogP contribution is -2.23. The highest BCUT2D eigenvalue weighted by atomic mass is 32.2. The predicted octanol–water partition coefficient (Wildman–Crippen LogP) is 5.19. The predicted molar refractivity (Wildman–Crippen MR) is 119 cm³/mol. The molecule has 1 unspecified atom stereocenters. The van der Waals surface area contributed by atoms with Crippen molar-refractivity contribution in [1.29, 1.82) is 0 Å². The summed E-state index contributed by atoms with van der Waals surface area (Å²) in [7, 11) is 0. The third-order valence-corrected chi connectivity index (χ3v) is 6.04. The SMILES string of the molecule is CCCc1noc(C(C)Sc2nc3ccccc3c(=O)n2-c2c(C)cccc2C)n1. The lowest BCUT2D eigenvalue weighted by Gasteiger charge is -2.18. The summed E-state index contributed by atoms with van der Waals surface area (Å²) in [5, 5.41) is 5.12. The van der Waals surface area contributed by atoms with Gasteiger partial charge < -0.3 is 4.52 Å². The van der Waals surface area contributed by atoms with Crippen molar-refractivity contribution >= 4 is 22.7 Å². The molecule has 0 N–H and O–H groups in total. The van der Waals surface area contributed by atoms with Gasteiger partial charge >= 0.3 is 0 Å². The lowest BCUT2D eigenvalue weighted by atomic mass is 10.1. The normalized spacial score (nSPS) is 12.4. The van der Waals surface area contributed by atoms with Gasteiger partial charge in [0.15, 0.2) is 11.0 Å². The van der Waals surface area contributed by atoms with E-state index in [4.69, 9.17) is 9.51 Å². The molecule has 2 aromatic carbocycles. The van der Waals surface area contributed by atoms with Crippen LogP contribution < -0.4 is 5.56 Å². The van der Waals surface area contributed by atoms with Crippen molar-refractivity contribution < 1.29 is 4.52 Å². The van der Waals surface area contributed by atoms with Gasteiger partial charge in [-0.1, -0.05) is 54.2 Å². The number of aryl methyl sites for hydroxylation is 3. The summed E-state index contributed by atoms with van der Waals surface area (Å²) in [6, 6.07) is 13.5. The van der Waals surface area contributed by atoms with Crippen LogP contribution in [0.1, 0.15) is 48.4 Å². The molecule has 1 atom stereocenters. The summed E-state index contributed by atoms with van der Waals surface area (Å²) >= 11 is 1.45. The number of thioether (sulfide) groups is 1. The first-order chi connectivity index (χ1) is 14.5. The van der Waals surface area contributed by atoms with Crippen LogP contribution in [0.4, 0.5) is 0 Å². The third-order valence-electron chi connectivity index (χ3n) is 5.00. The van der Waals surface area contributed by atoms with E-state index in [1.807, 2.05) is 63.2 Å². The molecule has 0 spiro atoms. The number of hydrogen-bond acceptors (Lipinski definition) is 6. The minimum atomic E-state index is -0.147. The van der Waals surface area contributed by atoms with Crippen LogP contribution in [0, 0.1) is 13.8 Å². The highest BCUT2D eigenvalue weighted by molar-refractivity contribution is 7.99. The fourth-order valence-corrected chi connectivity index (χ4v) is 4.46. The van der Waals surface area contributed by atoms with Crippen LogP contribution in [0.15, 0.2) is 56.9 Å². The average molecular weight is 421 g/mol. The average Bonchev–Trinajstić information content (AvgIpc) is 3.19. The Morgan fingerprint density at radius 3 is 2.53 bits per heavy atom. The second-order valence-electron chi connectivity index (χ2n) is 7.35. The summed E-state index contributed by atoms with van der Waals surface area (Å²) in [5.74, 6) is 1.25. The maximum absolute atomic E-state index is 13.5. The zero-order chi connectivity index (χ0) is 21.3. The number of nitrogens with zero attached hydrogens (tertiary/aromatic N) is 4. The van der Waals surface area contributed by atoms with Crippen LogP contribution in [0.2, 0.25) is 0 Å². The summed E-state index contributed by atoms with van der Waals surface area (Å²) in [5.41, 5.74) is 3.51. The van der Waals surface area contributed by atoms with Gasteiger partial charge in [0, 0.05) is 6.42 Å². The monoisotopic (exact) mass is 420 g/mol. The molecule has 4 aromatic rings. The van der Waals surface area contributed by atoms with Crippen LogP contribution in [-0.2, 0) is 6.42 Å². The second kappa shape index (κ2) is 8.44. The Hall–Kier alpha value is -2.93. The van der Waals surface area contributed by atoms with Gasteiger partial charge in [-0.15, -0.1) is 0 Å². The largest absolute Gasteiger partial charge is 0.338 e. The first kappa shape index (κ1) is 20.3. The van der Waals surface area contributed by atoms with Gasteiger partial charge in [0.1, 0.15) is 0 Å². The van der Waals surface area contributed by atoms with Gasteiger partial charge in [-0.25, -0.2) is 4.98 Å². The summed E-state index contributed by atoms with van der Waals surface area (Å²) in [6.07, 6.45) is 1.74. The molecule has 7 heteroatoms. The van der Waals surface area contributed by atoms with Crippen LogP contribution in [0.25, 0.3) is 16.6 Å². The van der Waals surface area contributed by atoms with Gasteiger partial charge in [0.2, 0.25) is 5.89 Å². The van der Waals surface area contributed by atoms with E-state index in [1.165, 1.54) is 11.8 Å². The Labute approximate surface area is 179 Å². The van der Waals surface area contributed by atoms with Crippen LogP contribution in [0.5, 0.6) is 0 Å². The number of fused-ring (bicyclic) bond motifs is 1. The van der Waals surface area contributed by atoms with E-state index in [-0.39, 0.29) is 10.8 Å². The van der Waals surface area contributed by atoms with Crippen molar-refractivity contribution in [3.05, 3.63) is 75.7 Å². The molecule has 0 bridgehead atoms. The molecular weight excluding hydrogens is 396 g/mol. The Kier molecular flexibility index (Phi) is 5.72. The van der Waals surface area contributed by atoms with Gasteiger partial charge in [0.25, 0.3) is 5.56 Å². The minimum absolute atomic E-state index is 0.0788. The van der Waals surface area contributed by atoms with Crippen molar-refractivity contribution in [3.63, 3.8) is 0 Å². The third kappa shape index (κ3) is 3.77. The molecule has 6 nitrogen and oxygen atoms in total. The molecule has 2 aromatic heterocycles. The van der Waals surface area contributed by atoms with Crippen molar-refractivity contribution in [1.82, 2.24) is 19.7 Å². The number of benzene rings is 2.